The van der Waals surface area contributed by atoms with Gasteiger partial charge in [-0.3, -0.25) is 9.59 Å². The normalized spacial score (nSPS) is 15.8. The van der Waals surface area contributed by atoms with Gasteiger partial charge in [-0.2, -0.15) is 0 Å². The van der Waals surface area contributed by atoms with Crippen molar-refractivity contribution < 1.29 is 19.1 Å². The molecule has 1 unspecified atom stereocenters. The Morgan fingerprint density at radius 2 is 1.97 bits per heavy atom. The summed E-state index contributed by atoms with van der Waals surface area (Å²) in [5.41, 5.74) is 2.37. The van der Waals surface area contributed by atoms with Crippen LogP contribution in [0.3, 0.4) is 0 Å². The van der Waals surface area contributed by atoms with Crippen LogP contribution in [0.4, 0.5) is 5.13 Å². The number of fused-ring (bicyclic) bond motifs is 1. The highest BCUT2D eigenvalue weighted by Crippen LogP contribution is 2.33. The summed E-state index contributed by atoms with van der Waals surface area (Å²) < 4.78 is 10.9. The van der Waals surface area contributed by atoms with E-state index in [0.29, 0.717) is 37.6 Å². The van der Waals surface area contributed by atoms with Gasteiger partial charge in [0, 0.05) is 11.3 Å². The average Bonchev–Trinajstić information content (AvgIpc) is 3.12. The topological polar surface area (TPSA) is 77.5 Å². The number of nitrogens with one attached hydrogen (secondary N) is 1. The summed E-state index contributed by atoms with van der Waals surface area (Å²) in [5.74, 6) is 0.503. The molecule has 0 aliphatic heterocycles. The average molecular weight is 445 g/mol. The molecule has 0 bridgehead atoms. The number of nitrogens with zero attached hydrogens (tertiary/aromatic N) is 1. The molecule has 0 fully saturated rings. The molecule has 1 aliphatic carbocycles. The molecule has 3 rings (SSSR count). The van der Waals surface area contributed by atoms with E-state index in [4.69, 9.17) is 9.47 Å². The van der Waals surface area contributed by atoms with Crippen LogP contribution in [0.15, 0.2) is 24.3 Å². The van der Waals surface area contributed by atoms with E-state index < -0.39 is 0 Å². The zero-order chi connectivity index (χ0) is 22.4. The number of hydrogen-bond acceptors (Lipinski definition) is 6. The van der Waals surface area contributed by atoms with E-state index in [1.807, 2.05) is 19.1 Å². The molecule has 2 aromatic rings. The van der Waals surface area contributed by atoms with Crippen molar-refractivity contribution in [1.82, 2.24) is 4.98 Å². The summed E-state index contributed by atoms with van der Waals surface area (Å²) in [6.45, 7) is 9.24. The maximum atomic E-state index is 12.3. The Hall–Kier alpha value is -2.41. The second-order valence-corrected chi connectivity index (χ2v) is 9.94. The molecule has 0 spiro atoms. The summed E-state index contributed by atoms with van der Waals surface area (Å²) in [6, 6.07) is 8.12. The number of ether oxygens (including phenoxy) is 2. The van der Waals surface area contributed by atoms with Gasteiger partial charge in [-0.05, 0) is 55.7 Å². The molecule has 1 aliphatic rings. The monoisotopic (exact) mass is 444 g/mol. The van der Waals surface area contributed by atoms with Crippen molar-refractivity contribution in [2.75, 3.05) is 18.5 Å². The SMILES string of the molecule is CCOC(=O)C1CCc2nc(NC(=O)CCCOc3ccc(C(C)(C)C)cc3)sc2C1. The van der Waals surface area contributed by atoms with E-state index in [2.05, 4.69) is 43.2 Å². The first kappa shape index (κ1) is 23.3. The van der Waals surface area contributed by atoms with Gasteiger partial charge >= 0.3 is 5.97 Å². The first-order valence-electron chi connectivity index (χ1n) is 10.9. The minimum atomic E-state index is -0.139. The first-order valence-corrected chi connectivity index (χ1v) is 11.8. The fourth-order valence-corrected chi connectivity index (χ4v) is 4.65. The van der Waals surface area contributed by atoms with Gasteiger partial charge in [0.15, 0.2) is 5.13 Å². The molecule has 1 aromatic heterocycles. The molecule has 0 saturated heterocycles. The standard InChI is InChI=1S/C24H32N2O4S/c1-5-29-22(28)16-8-13-19-20(15-16)31-23(25-19)26-21(27)7-6-14-30-18-11-9-17(10-12-18)24(2,3)4/h9-12,16H,5-8,13-15H2,1-4H3,(H,25,26,27). The second-order valence-electron chi connectivity index (χ2n) is 8.86. The smallest absolute Gasteiger partial charge is 0.309 e. The van der Waals surface area contributed by atoms with Gasteiger partial charge in [-0.1, -0.05) is 32.9 Å². The van der Waals surface area contributed by atoms with Crippen LogP contribution in [-0.2, 0) is 32.6 Å². The molecule has 1 aromatic carbocycles. The van der Waals surface area contributed by atoms with E-state index in [0.717, 1.165) is 29.2 Å². The molecule has 31 heavy (non-hydrogen) atoms. The summed E-state index contributed by atoms with van der Waals surface area (Å²) in [5, 5.41) is 3.50. The predicted octanol–water partition coefficient (Wildman–Crippen LogP) is 4.91. The second kappa shape index (κ2) is 10.3. The van der Waals surface area contributed by atoms with Gasteiger partial charge in [0.2, 0.25) is 5.91 Å². The molecule has 168 valence electrons. The number of esters is 1. The Morgan fingerprint density at radius 3 is 2.65 bits per heavy atom. The minimum absolute atomic E-state index is 0.0697. The Labute approximate surface area is 188 Å². The number of amides is 1. The molecule has 1 atom stereocenters. The molecule has 6 nitrogen and oxygen atoms in total. The van der Waals surface area contributed by atoms with E-state index in [1.54, 1.807) is 0 Å². The third-order valence-electron chi connectivity index (χ3n) is 5.34. The Balaban J connectivity index is 1.41. The van der Waals surface area contributed by atoms with Crippen LogP contribution in [0.25, 0.3) is 0 Å². The highest BCUT2D eigenvalue weighted by Gasteiger charge is 2.28. The van der Waals surface area contributed by atoms with Crippen LogP contribution in [0.1, 0.15) is 63.1 Å². The van der Waals surface area contributed by atoms with Crippen LogP contribution in [0.5, 0.6) is 5.75 Å². The molecule has 1 heterocycles. The number of anilines is 1. The van der Waals surface area contributed by atoms with Crippen molar-refractivity contribution >= 4 is 28.3 Å². The minimum Gasteiger partial charge on any atom is -0.494 e. The van der Waals surface area contributed by atoms with E-state index in [1.165, 1.54) is 16.9 Å². The Bertz CT molecular complexity index is 899. The fourth-order valence-electron chi connectivity index (χ4n) is 3.55. The van der Waals surface area contributed by atoms with Crippen LogP contribution in [0.2, 0.25) is 0 Å². The first-order chi connectivity index (χ1) is 14.8. The fraction of sp³-hybridized carbons (Fsp3) is 0.542. The Kier molecular flexibility index (Phi) is 7.70. The quantitative estimate of drug-likeness (QED) is 0.463. The maximum Gasteiger partial charge on any atom is 0.309 e. The van der Waals surface area contributed by atoms with Gasteiger partial charge in [0.1, 0.15) is 5.75 Å². The predicted molar refractivity (Wildman–Crippen MR) is 123 cm³/mol. The van der Waals surface area contributed by atoms with Gasteiger partial charge < -0.3 is 14.8 Å². The lowest BCUT2D eigenvalue weighted by atomic mass is 9.87. The largest absolute Gasteiger partial charge is 0.494 e. The van der Waals surface area contributed by atoms with Crippen molar-refractivity contribution in [1.29, 1.82) is 0 Å². The third kappa shape index (κ3) is 6.53. The van der Waals surface area contributed by atoms with Gasteiger partial charge in [-0.15, -0.1) is 11.3 Å². The van der Waals surface area contributed by atoms with Crippen molar-refractivity contribution in [2.24, 2.45) is 5.92 Å². The third-order valence-corrected chi connectivity index (χ3v) is 6.38. The highest BCUT2D eigenvalue weighted by atomic mass is 32.1. The van der Waals surface area contributed by atoms with Gasteiger partial charge in [-0.25, -0.2) is 4.98 Å². The number of carbonyl (C=O) groups excluding carboxylic acids is 2. The molecular formula is C24H32N2O4S. The summed E-state index contributed by atoms with van der Waals surface area (Å²) in [6.07, 6.45) is 3.13. The lowest BCUT2D eigenvalue weighted by Gasteiger charge is -2.19. The number of benzene rings is 1. The molecule has 1 N–H and O–H groups in total. The molecule has 0 saturated carbocycles. The summed E-state index contributed by atoms with van der Waals surface area (Å²) in [4.78, 5) is 29.9. The molecule has 7 heteroatoms. The van der Waals surface area contributed by atoms with Crippen LogP contribution in [0, 0.1) is 5.92 Å². The van der Waals surface area contributed by atoms with Crippen LogP contribution < -0.4 is 10.1 Å². The highest BCUT2D eigenvalue weighted by molar-refractivity contribution is 7.15. The zero-order valence-corrected chi connectivity index (χ0v) is 19.6. The van der Waals surface area contributed by atoms with E-state index in [9.17, 15) is 9.59 Å². The van der Waals surface area contributed by atoms with Gasteiger partial charge in [0.25, 0.3) is 0 Å². The van der Waals surface area contributed by atoms with E-state index >= 15 is 0 Å². The molecule has 1 amide bonds. The van der Waals surface area contributed by atoms with Crippen LogP contribution >= 0.6 is 11.3 Å². The zero-order valence-electron chi connectivity index (χ0n) is 18.8. The number of rotatable bonds is 8. The Morgan fingerprint density at radius 1 is 1.23 bits per heavy atom. The van der Waals surface area contributed by atoms with Crippen molar-refractivity contribution in [3.8, 4) is 5.75 Å². The lowest BCUT2D eigenvalue weighted by Crippen LogP contribution is -2.24. The summed E-state index contributed by atoms with van der Waals surface area (Å²) in [7, 11) is 0. The van der Waals surface area contributed by atoms with E-state index in [-0.39, 0.29) is 23.2 Å². The van der Waals surface area contributed by atoms with Crippen molar-refractivity contribution in [3.63, 3.8) is 0 Å². The number of aryl methyl sites for hydroxylation is 1. The lowest BCUT2D eigenvalue weighted by molar-refractivity contribution is -0.148. The maximum absolute atomic E-state index is 12.3. The molecule has 0 radical (unpaired) electrons. The number of thiazole rings is 1. The molecular weight excluding hydrogens is 412 g/mol. The van der Waals surface area contributed by atoms with Crippen molar-refractivity contribution in [2.45, 2.75) is 65.2 Å². The number of aromatic nitrogens is 1. The summed E-state index contributed by atoms with van der Waals surface area (Å²) >= 11 is 1.46. The number of carbonyl (C=O) groups is 2. The van der Waals surface area contributed by atoms with Gasteiger partial charge in [0.05, 0.1) is 24.8 Å². The van der Waals surface area contributed by atoms with Crippen LogP contribution in [-0.4, -0.2) is 30.1 Å². The van der Waals surface area contributed by atoms with Crippen molar-refractivity contribution in [3.05, 3.63) is 40.4 Å². The number of hydrogen-bond donors (Lipinski definition) is 1.